The standard InChI is InChI=1S/C10H9NO5/c12-4-8-11-6-2-1-5(3-7(6)16-8)9(13)10(14)15/h1-3,9,12-13H,4H2,(H,14,15). The first-order valence-corrected chi connectivity index (χ1v) is 4.53. The van der Waals surface area contributed by atoms with Crippen LogP contribution in [-0.2, 0) is 11.4 Å². The van der Waals surface area contributed by atoms with Gasteiger partial charge in [-0.1, -0.05) is 6.07 Å². The van der Waals surface area contributed by atoms with Gasteiger partial charge in [0.15, 0.2) is 11.7 Å². The molecular formula is C10H9NO5. The van der Waals surface area contributed by atoms with Gasteiger partial charge < -0.3 is 19.7 Å². The maximum Gasteiger partial charge on any atom is 0.337 e. The SMILES string of the molecule is O=C(O)C(O)c1ccc2nc(CO)oc2c1. The molecule has 84 valence electrons. The summed E-state index contributed by atoms with van der Waals surface area (Å²) in [5.41, 5.74) is 1.05. The third-order valence-electron chi connectivity index (χ3n) is 2.14. The summed E-state index contributed by atoms with van der Waals surface area (Å²) in [4.78, 5) is 14.5. The first-order valence-electron chi connectivity index (χ1n) is 4.53. The van der Waals surface area contributed by atoms with Crippen LogP contribution in [0.25, 0.3) is 11.1 Å². The summed E-state index contributed by atoms with van der Waals surface area (Å²) >= 11 is 0. The number of carboxylic acid groups (broad SMARTS) is 1. The number of aromatic nitrogens is 1. The van der Waals surface area contributed by atoms with Crippen molar-refractivity contribution >= 4 is 17.1 Å². The number of aliphatic carboxylic acids is 1. The highest BCUT2D eigenvalue weighted by Gasteiger charge is 2.17. The molecule has 2 aromatic rings. The summed E-state index contributed by atoms with van der Waals surface area (Å²) in [5, 5.41) is 26.7. The van der Waals surface area contributed by atoms with Crippen LogP contribution >= 0.6 is 0 Å². The van der Waals surface area contributed by atoms with Crippen molar-refractivity contribution in [1.29, 1.82) is 0 Å². The van der Waals surface area contributed by atoms with Gasteiger partial charge in [0.1, 0.15) is 12.1 Å². The van der Waals surface area contributed by atoms with E-state index in [-0.39, 0.29) is 18.1 Å². The lowest BCUT2D eigenvalue weighted by molar-refractivity contribution is -0.146. The van der Waals surface area contributed by atoms with Crippen LogP contribution in [0.15, 0.2) is 22.6 Å². The Morgan fingerprint density at radius 1 is 1.50 bits per heavy atom. The number of carboxylic acids is 1. The van der Waals surface area contributed by atoms with Crippen LogP contribution < -0.4 is 0 Å². The zero-order valence-electron chi connectivity index (χ0n) is 8.12. The second kappa shape index (κ2) is 3.92. The van der Waals surface area contributed by atoms with Crippen LogP contribution in [0.1, 0.15) is 17.6 Å². The monoisotopic (exact) mass is 223 g/mol. The van der Waals surface area contributed by atoms with Gasteiger partial charge in [-0.05, 0) is 17.7 Å². The average molecular weight is 223 g/mol. The second-order valence-corrected chi connectivity index (χ2v) is 3.23. The Morgan fingerprint density at radius 2 is 2.25 bits per heavy atom. The summed E-state index contributed by atoms with van der Waals surface area (Å²) in [6.45, 7) is -0.328. The molecule has 6 heteroatoms. The highest BCUT2D eigenvalue weighted by Crippen LogP contribution is 2.21. The molecule has 0 aliphatic heterocycles. The number of fused-ring (bicyclic) bond motifs is 1. The summed E-state index contributed by atoms with van der Waals surface area (Å²) in [6, 6.07) is 4.37. The minimum atomic E-state index is -1.59. The number of oxazole rings is 1. The van der Waals surface area contributed by atoms with E-state index < -0.39 is 12.1 Å². The summed E-state index contributed by atoms with van der Waals surface area (Å²) in [6.07, 6.45) is -1.59. The minimum Gasteiger partial charge on any atom is -0.479 e. The number of nitrogens with zero attached hydrogens (tertiary/aromatic N) is 1. The topological polar surface area (TPSA) is 104 Å². The number of carbonyl (C=O) groups is 1. The van der Waals surface area contributed by atoms with Crippen LogP contribution in [0.2, 0.25) is 0 Å². The van der Waals surface area contributed by atoms with Crippen molar-refractivity contribution in [3.05, 3.63) is 29.7 Å². The summed E-state index contributed by atoms with van der Waals surface area (Å²) in [5.74, 6) is -1.18. The molecule has 0 aliphatic carbocycles. The van der Waals surface area contributed by atoms with E-state index in [9.17, 15) is 9.90 Å². The number of benzene rings is 1. The molecule has 1 aromatic carbocycles. The molecule has 0 saturated carbocycles. The smallest absolute Gasteiger partial charge is 0.337 e. The molecule has 0 amide bonds. The number of aliphatic hydroxyl groups is 2. The third kappa shape index (κ3) is 1.75. The zero-order valence-corrected chi connectivity index (χ0v) is 8.12. The van der Waals surface area contributed by atoms with Gasteiger partial charge in [0.05, 0.1) is 0 Å². The number of rotatable bonds is 3. The predicted molar refractivity (Wildman–Crippen MR) is 52.5 cm³/mol. The van der Waals surface area contributed by atoms with E-state index in [1.165, 1.54) is 18.2 Å². The van der Waals surface area contributed by atoms with Crippen molar-refractivity contribution in [2.45, 2.75) is 12.7 Å². The van der Waals surface area contributed by atoms with Gasteiger partial charge in [-0.15, -0.1) is 0 Å². The minimum absolute atomic E-state index is 0.150. The second-order valence-electron chi connectivity index (χ2n) is 3.23. The van der Waals surface area contributed by atoms with Crippen LogP contribution in [0, 0.1) is 0 Å². The highest BCUT2D eigenvalue weighted by atomic mass is 16.4. The first-order chi connectivity index (χ1) is 7.61. The molecule has 0 fully saturated rings. The van der Waals surface area contributed by atoms with Gasteiger partial charge in [-0.2, -0.15) is 0 Å². The van der Waals surface area contributed by atoms with Gasteiger partial charge in [-0.3, -0.25) is 0 Å². The molecule has 0 spiro atoms. The van der Waals surface area contributed by atoms with Gasteiger partial charge in [0.25, 0.3) is 0 Å². The van der Waals surface area contributed by atoms with Crippen molar-refractivity contribution in [1.82, 2.24) is 4.98 Å². The van der Waals surface area contributed by atoms with E-state index in [1.54, 1.807) is 0 Å². The highest BCUT2D eigenvalue weighted by molar-refractivity contribution is 5.78. The fourth-order valence-corrected chi connectivity index (χ4v) is 1.37. The fraction of sp³-hybridized carbons (Fsp3) is 0.200. The van der Waals surface area contributed by atoms with E-state index in [2.05, 4.69) is 4.98 Å². The fourth-order valence-electron chi connectivity index (χ4n) is 1.37. The van der Waals surface area contributed by atoms with Crippen molar-refractivity contribution in [3.63, 3.8) is 0 Å². The molecule has 2 rings (SSSR count). The van der Waals surface area contributed by atoms with E-state index in [0.717, 1.165) is 0 Å². The maximum atomic E-state index is 10.6. The Hall–Kier alpha value is -1.92. The van der Waals surface area contributed by atoms with Crippen LogP contribution in [0.5, 0.6) is 0 Å². The molecule has 3 N–H and O–H groups in total. The van der Waals surface area contributed by atoms with Gasteiger partial charge >= 0.3 is 5.97 Å². The quantitative estimate of drug-likeness (QED) is 0.697. The van der Waals surface area contributed by atoms with Gasteiger partial charge in [0.2, 0.25) is 5.89 Å². The van der Waals surface area contributed by atoms with Crippen molar-refractivity contribution in [3.8, 4) is 0 Å². The number of hydrogen-bond donors (Lipinski definition) is 3. The van der Waals surface area contributed by atoms with Gasteiger partial charge in [-0.25, -0.2) is 9.78 Å². The van der Waals surface area contributed by atoms with Crippen LogP contribution in [-0.4, -0.2) is 26.3 Å². The molecule has 6 nitrogen and oxygen atoms in total. The van der Waals surface area contributed by atoms with Crippen molar-refractivity contribution in [2.75, 3.05) is 0 Å². The molecule has 1 aromatic heterocycles. The van der Waals surface area contributed by atoms with Crippen molar-refractivity contribution < 1.29 is 24.5 Å². The molecule has 0 bridgehead atoms. The Labute approximate surface area is 89.8 Å². The van der Waals surface area contributed by atoms with E-state index in [4.69, 9.17) is 14.6 Å². The molecule has 1 atom stereocenters. The lowest BCUT2D eigenvalue weighted by Crippen LogP contribution is -2.09. The Morgan fingerprint density at radius 3 is 2.88 bits per heavy atom. The van der Waals surface area contributed by atoms with Crippen LogP contribution in [0.4, 0.5) is 0 Å². The normalized spacial score (nSPS) is 12.9. The summed E-state index contributed by atoms with van der Waals surface area (Å²) in [7, 11) is 0. The Bertz CT molecular complexity index is 533. The molecule has 1 heterocycles. The third-order valence-corrected chi connectivity index (χ3v) is 2.14. The van der Waals surface area contributed by atoms with Gasteiger partial charge in [0, 0.05) is 0 Å². The Kier molecular flexibility index (Phi) is 2.59. The predicted octanol–water partition coefficient (Wildman–Crippen LogP) is 0.438. The van der Waals surface area contributed by atoms with E-state index in [1.807, 2.05) is 0 Å². The van der Waals surface area contributed by atoms with E-state index >= 15 is 0 Å². The number of hydrogen-bond acceptors (Lipinski definition) is 5. The lowest BCUT2D eigenvalue weighted by Gasteiger charge is -2.03. The largest absolute Gasteiger partial charge is 0.479 e. The number of aliphatic hydroxyl groups excluding tert-OH is 2. The first kappa shape index (κ1) is 10.6. The molecule has 1 unspecified atom stereocenters. The van der Waals surface area contributed by atoms with Crippen molar-refractivity contribution in [2.24, 2.45) is 0 Å². The lowest BCUT2D eigenvalue weighted by atomic mass is 10.1. The Balaban J connectivity index is 2.46. The maximum absolute atomic E-state index is 10.6. The van der Waals surface area contributed by atoms with Crippen LogP contribution in [0.3, 0.4) is 0 Å². The molecule has 0 saturated heterocycles. The average Bonchev–Trinajstić information content (AvgIpc) is 2.69. The summed E-state index contributed by atoms with van der Waals surface area (Å²) < 4.78 is 5.12. The molecule has 0 aliphatic rings. The molecule has 16 heavy (non-hydrogen) atoms. The molecular weight excluding hydrogens is 214 g/mol. The zero-order chi connectivity index (χ0) is 11.7. The molecule has 0 radical (unpaired) electrons. The van der Waals surface area contributed by atoms with E-state index in [0.29, 0.717) is 11.1 Å².